The summed E-state index contributed by atoms with van der Waals surface area (Å²) in [5.41, 5.74) is 17.7. The lowest BCUT2D eigenvalue weighted by Gasteiger charge is -2.28. The van der Waals surface area contributed by atoms with Crippen molar-refractivity contribution in [1.29, 1.82) is 0 Å². The third kappa shape index (κ3) is 39.1. The van der Waals surface area contributed by atoms with Gasteiger partial charge in [-0.1, -0.05) is 71.9 Å². The number of nitrogens with two attached hydrogens (primary N) is 3. The van der Waals surface area contributed by atoms with Gasteiger partial charge in [-0.25, -0.2) is 9.78 Å². The number of aromatic nitrogens is 2. The van der Waals surface area contributed by atoms with Crippen molar-refractivity contribution in [3.8, 4) is 0 Å². The Bertz CT molecular complexity index is 3790. The van der Waals surface area contributed by atoms with Crippen molar-refractivity contribution in [3.63, 3.8) is 0 Å². The number of aromatic amines is 1. The molecule has 2 aromatic rings. The van der Waals surface area contributed by atoms with Crippen molar-refractivity contribution < 1.29 is 131 Å². The number of hydrogen-bond acceptors (Lipinski definition) is 24. The molecule has 46 nitrogen and oxygen atoms in total. The van der Waals surface area contributed by atoms with E-state index in [-0.39, 0.29) is 50.3 Å². The number of hydrogen-bond donors (Lipinski definition) is 24. The van der Waals surface area contributed by atoms with Crippen molar-refractivity contribution in [1.82, 2.24) is 84.4 Å². The summed E-state index contributed by atoms with van der Waals surface area (Å²) in [6.45, 7) is 6.15. The standard InChI is InChI=1S/C70H105N19O27/c1-33(2)22-42(84-59(104)38(72)15-18-52(94)95)64(109)86-46(26-55(100)101)62(107)77-31-51(93)81-47(27-56(102)103)67(112)89-58(35(5)6)69(114)87-45(25-48(73)90)61(106)76-30-50(92)80-44(24-37-28-74-32-78-37)65(110)82-39(14-10-11-21-71)63(108)85-43(23-36-12-8-7-9-13-36)66(111)88-57(34(3)4)68(113)83-40(16-19-53(96)97)60(105)75-29-49(91)79-41(70(115)116)17-20-54(98)99/h7-9,12-13,28,32-35,38-47,57-58H,10-11,14-27,29-31,71-72H2,1-6H3,(H2,73,90)(H,74,78)(H,75,105)(H,76,106)(H,77,107)(H,79,91)(H,80,92)(H,81,93)(H,82,110)(H,83,113)(H,84,104)(H,85,108)(H,86,109)(H,87,114)(H,88,111)(H,89,112)(H,94,95)(H,96,97)(H,98,99)(H,100,101)(H,102,103)(H,115,116)/t38-,39-,40-,41-,42-,43-,44-,45-,46-,47-,57-,58-/m0/s1. The summed E-state index contributed by atoms with van der Waals surface area (Å²) in [4.78, 5) is 280. The molecule has 2 rings (SSSR count). The molecule has 0 aliphatic rings. The quantitative estimate of drug-likeness (QED) is 0.0274. The molecule has 0 saturated carbocycles. The topological polar surface area (TPSA) is 755 Å². The Morgan fingerprint density at radius 1 is 0.397 bits per heavy atom. The van der Waals surface area contributed by atoms with E-state index < -0.39 is 286 Å². The van der Waals surface area contributed by atoms with Gasteiger partial charge in [-0.05, 0) is 74.8 Å². The van der Waals surface area contributed by atoms with Crippen molar-refractivity contribution in [2.24, 2.45) is 35.0 Å². The molecule has 1 aromatic heterocycles. The number of imidazole rings is 1. The fourth-order valence-corrected chi connectivity index (χ4v) is 10.8. The molecule has 0 saturated heterocycles. The highest BCUT2D eigenvalue weighted by atomic mass is 16.4. The van der Waals surface area contributed by atoms with E-state index >= 15 is 0 Å². The number of H-pyrrole nitrogens is 1. The van der Waals surface area contributed by atoms with Crippen molar-refractivity contribution in [3.05, 3.63) is 54.1 Å². The number of carbonyl (C=O) groups excluding carboxylic acids is 15. The van der Waals surface area contributed by atoms with Gasteiger partial charge in [-0.2, -0.15) is 0 Å². The number of carboxylic acid groups (broad SMARTS) is 6. The van der Waals surface area contributed by atoms with Gasteiger partial charge < -0.3 is 127 Å². The van der Waals surface area contributed by atoms with E-state index in [0.717, 1.165) is 0 Å². The molecule has 15 amide bonds. The predicted octanol–water partition coefficient (Wildman–Crippen LogP) is -7.81. The first-order valence-corrected chi connectivity index (χ1v) is 36.6. The van der Waals surface area contributed by atoms with Gasteiger partial charge in [0.2, 0.25) is 88.6 Å². The highest BCUT2D eigenvalue weighted by Gasteiger charge is 2.38. The van der Waals surface area contributed by atoms with Crippen LogP contribution in [0.2, 0.25) is 0 Å². The summed E-state index contributed by atoms with van der Waals surface area (Å²) in [7, 11) is 0. The predicted molar refractivity (Wildman–Crippen MR) is 399 cm³/mol. The van der Waals surface area contributed by atoms with E-state index in [1.807, 2.05) is 0 Å². The molecular formula is C70H105N19O27. The number of primary amides is 1. The second-order valence-corrected chi connectivity index (χ2v) is 27.8. The van der Waals surface area contributed by atoms with Crippen LogP contribution in [0.3, 0.4) is 0 Å². The molecule has 1 heterocycles. The minimum atomic E-state index is -2.04. The SMILES string of the molecule is CC(C)C[C@H](NC(=O)[C@@H](N)CCC(=O)O)C(=O)N[C@@H](CC(=O)O)C(=O)NCC(=O)N[C@@H](CC(=O)O)C(=O)N[C@H](C(=O)N[C@@H](CC(N)=O)C(=O)NCC(=O)N[C@@H](Cc1c[nH]cn1)C(=O)N[C@@H](CCCCN)C(=O)N[C@@H](Cc1ccccc1)C(=O)N[C@H](C(=O)N[C@@H](CCC(=O)O)C(=O)NCC(=O)N[C@@H](CCC(=O)O)C(=O)O)C(C)C)C(C)C. The number of unbranched alkanes of at least 4 members (excludes halogenated alkanes) is 1. The van der Waals surface area contributed by atoms with Crippen LogP contribution in [-0.2, 0) is 114 Å². The Balaban J connectivity index is 2.38. The number of carboxylic acids is 6. The van der Waals surface area contributed by atoms with Gasteiger partial charge >= 0.3 is 35.8 Å². The zero-order chi connectivity index (χ0) is 87.6. The zero-order valence-corrected chi connectivity index (χ0v) is 64.6. The van der Waals surface area contributed by atoms with Crippen LogP contribution < -0.4 is 91.6 Å². The highest BCUT2D eigenvalue weighted by molar-refractivity contribution is 6.01. The average molecular weight is 1640 g/mol. The lowest BCUT2D eigenvalue weighted by Crippen LogP contribution is -2.61. The number of rotatable bonds is 56. The third-order valence-corrected chi connectivity index (χ3v) is 16.9. The maximum atomic E-state index is 14.6. The minimum absolute atomic E-state index is 0.0793. The van der Waals surface area contributed by atoms with Crippen LogP contribution in [0.4, 0.5) is 0 Å². The van der Waals surface area contributed by atoms with Gasteiger partial charge in [0.25, 0.3) is 0 Å². The van der Waals surface area contributed by atoms with Crippen LogP contribution in [0.15, 0.2) is 42.9 Å². The van der Waals surface area contributed by atoms with E-state index in [0.29, 0.717) is 12.0 Å². The number of aliphatic carboxylic acids is 6. The van der Waals surface area contributed by atoms with Gasteiger partial charge in [0.15, 0.2) is 0 Å². The summed E-state index contributed by atoms with van der Waals surface area (Å²) in [5, 5.41) is 88.2. The monoisotopic (exact) mass is 1640 g/mol. The second-order valence-electron chi connectivity index (χ2n) is 27.8. The maximum absolute atomic E-state index is 14.6. The molecule has 12 atom stereocenters. The maximum Gasteiger partial charge on any atom is 0.326 e. The van der Waals surface area contributed by atoms with Crippen LogP contribution in [-0.4, -0.2) is 264 Å². The fourth-order valence-electron chi connectivity index (χ4n) is 10.8. The summed E-state index contributed by atoms with van der Waals surface area (Å²) in [6, 6.07) is -11.9. The second kappa shape index (κ2) is 51.1. The van der Waals surface area contributed by atoms with Crippen LogP contribution in [0.1, 0.15) is 136 Å². The van der Waals surface area contributed by atoms with Crippen LogP contribution in [0.5, 0.6) is 0 Å². The number of nitrogens with zero attached hydrogens (tertiary/aromatic N) is 1. The molecule has 0 spiro atoms. The number of benzene rings is 1. The van der Waals surface area contributed by atoms with Gasteiger partial charge in [0.1, 0.15) is 66.5 Å². The van der Waals surface area contributed by atoms with E-state index in [1.54, 1.807) is 44.2 Å². The molecule has 0 fully saturated rings. The Kier molecular flexibility index (Phi) is 43.7. The summed E-state index contributed by atoms with van der Waals surface area (Å²) < 4.78 is 0. The van der Waals surface area contributed by atoms with Gasteiger partial charge in [0, 0.05) is 38.3 Å². The van der Waals surface area contributed by atoms with E-state index in [2.05, 4.69) is 84.4 Å². The molecule has 0 aliphatic carbocycles. The van der Waals surface area contributed by atoms with Crippen LogP contribution in [0, 0.1) is 17.8 Å². The Morgan fingerprint density at radius 3 is 1.23 bits per heavy atom. The van der Waals surface area contributed by atoms with E-state index in [1.165, 1.54) is 40.2 Å². The largest absolute Gasteiger partial charge is 0.481 e. The highest BCUT2D eigenvalue weighted by Crippen LogP contribution is 2.14. The lowest BCUT2D eigenvalue weighted by molar-refractivity contribution is -0.143. The van der Waals surface area contributed by atoms with Gasteiger partial charge in [0.05, 0.1) is 57.0 Å². The Labute approximate surface area is 663 Å². The summed E-state index contributed by atoms with van der Waals surface area (Å²) >= 11 is 0. The first-order chi connectivity index (χ1) is 54.4. The summed E-state index contributed by atoms with van der Waals surface area (Å²) in [6.07, 6.45) is -4.26. The molecule has 27 N–H and O–H groups in total. The Hall–Kier alpha value is -12.8. The zero-order valence-electron chi connectivity index (χ0n) is 64.6. The number of nitrogens with one attached hydrogen (secondary N) is 15. The molecule has 0 bridgehead atoms. The molecule has 642 valence electrons. The average Bonchev–Trinajstić information content (AvgIpc) is 0.967. The van der Waals surface area contributed by atoms with Crippen molar-refractivity contribution in [2.45, 2.75) is 210 Å². The third-order valence-electron chi connectivity index (χ3n) is 16.9. The molecule has 0 aliphatic heterocycles. The molecule has 1 aromatic carbocycles. The van der Waals surface area contributed by atoms with E-state index in [9.17, 15) is 121 Å². The first-order valence-electron chi connectivity index (χ1n) is 36.6. The van der Waals surface area contributed by atoms with Crippen molar-refractivity contribution >= 4 is 124 Å². The van der Waals surface area contributed by atoms with Gasteiger partial charge in [-0.15, -0.1) is 0 Å². The van der Waals surface area contributed by atoms with E-state index in [4.69, 9.17) is 27.4 Å². The normalized spacial score (nSPS) is 14.1. The van der Waals surface area contributed by atoms with Crippen LogP contribution >= 0.6 is 0 Å². The fraction of sp³-hybridized carbons (Fsp3) is 0.571. The van der Waals surface area contributed by atoms with Crippen LogP contribution in [0.25, 0.3) is 0 Å². The van der Waals surface area contributed by atoms with Crippen molar-refractivity contribution in [2.75, 3.05) is 26.2 Å². The molecule has 0 radical (unpaired) electrons. The Morgan fingerprint density at radius 2 is 0.776 bits per heavy atom. The van der Waals surface area contributed by atoms with Gasteiger partial charge in [-0.3, -0.25) is 95.9 Å². The first kappa shape index (κ1) is 99.3. The summed E-state index contributed by atoms with van der Waals surface area (Å²) in [5.74, 6) is -27.9. The number of carbonyl (C=O) groups is 21. The number of amides is 15. The molecule has 0 unspecified atom stereocenters. The molecule has 46 heteroatoms. The lowest BCUT2D eigenvalue weighted by atomic mass is 9.99. The molecular weight excluding hydrogens is 1540 g/mol. The molecule has 116 heavy (non-hydrogen) atoms. The smallest absolute Gasteiger partial charge is 0.326 e. The minimum Gasteiger partial charge on any atom is -0.481 e.